The third kappa shape index (κ3) is 10.5. The summed E-state index contributed by atoms with van der Waals surface area (Å²) in [5.41, 5.74) is 2.49. The first-order valence-corrected chi connectivity index (χ1v) is 12.6. The van der Waals surface area contributed by atoms with Crippen molar-refractivity contribution in [2.24, 2.45) is 0 Å². The van der Waals surface area contributed by atoms with Gasteiger partial charge in [-0.3, -0.25) is 4.79 Å². The van der Waals surface area contributed by atoms with Gasteiger partial charge in [0.25, 0.3) is 0 Å². The Kier molecular flexibility index (Phi) is 13.1. The van der Waals surface area contributed by atoms with E-state index in [4.69, 9.17) is 19.8 Å². The Morgan fingerprint density at radius 3 is 1.78 bits per heavy atom. The number of aryl methyl sites for hydroxylation is 2. The predicted octanol–water partition coefficient (Wildman–Crippen LogP) is -1.17. The smallest absolute Gasteiger partial charge is 0.543 e. The minimum Gasteiger partial charge on any atom is -0.543 e. The molecule has 9 nitrogen and oxygen atoms in total. The first kappa shape index (κ1) is 28.6. The van der Waals surface area contributed by atoms with Crippen LogP contribution in [0.1, 0.15) is 30.9 Å². The molecule has 1 N–H and O–H groups in total. The van der Waals surface area contributed by atoms with Crippen molar-refractivity contribution in [3.05, 3.63) is 35.4 Å². The van der Waals surface area contributed by atoms with E-state index in [-0.39, 0.29) is 33.3 Å². The van der Waals surface area contributed by atoms with Crippen LogP contribution in [0.2, 0.25) is 0 Å². The average Bonchev–Trinajstić information content (AvgIpc) is 2.72. The Morgan fingerprint density at radius 1 is 0.938 bits per heavy atom. The summed E-state index contributed by atoms with van der Waals surface area (Å²) in [6.45, 7) is 8.67. The van der Waals surface area contributed by atoms with Gasteiger partial charge < -0.3 is 25.1 Å². The summed E-state index contributed by atoms with van der Waals surface area (Å²) < 4.78 is 0. The Labute approximate surface area is 203 Å². The molecule has 4 bridgehead atoms. The Morgan fingerprint density at radius 2 is 1.41 bits per heavy atom. The molecule has 0 atom stereocenters. The molecule has 5 rings (SSSR count). The van der Waals surface area contributed by atoms with Gasteiger partial charge in [-0.25, -0.2) is 14.7 Å². The molecule has 4 heterocycles. The number of amides is 1. The normalized spacial score (nSPS) is 24.1. The fourth-order valence-electron chi connectivity index (χ4n) is 3.75. The Bertz CT molecular complexity index is 682. The summed E-state index contributed by atoms with van der Waals surface area (Å²) in [4.78, 5) is 36.9. The van der Waals surface area contributed by atoms with Crippen LogP contribution in [0.4, 0.5) is 0 Å². The molecule has 4 saturated heterocycles. The van der Waals surface area contributed by atoms with Gasteiger partial charge in [-0.2, -0.15) is 0 Å². The number of nitrogens with one attached hydrogen (secondary N) is 1. The number of carbonyl (C=O) groups is 3. The van der Waals surface area contributed by atoms with Crippen molar-refractivity contribution in [3.63, 3.8) is 0 Å². The molecule has 32 heavy (non-hydrogen) atoms. The summed E-state index contributed by atoms with van der Waals surface area (Å²) >= 11 is 0. The average molecular weight is 553 g/mol. The SMILES string of the molecule is C1N2CN3CN1C[PH+](C2)C3.CCCNC(=O)CCc1ccc(C)cc1.O=C([O-])C(=O)[O-].[Ru+2]. The molecule has 11 heteroatoms. The molecule has 4 aliphatic heterocycles. The largest absolute Gasteiger partial charge is 2.00 e. The number of carboxylic acids is 2. The molecule has 1 aromatic rings. The molecule has 0 spiro atoms. The topological polar surface area (TPSA) is 119 Å². The van der Waals surface area contributed by atoms with Gasteiger partial charge in [0.1, 0.15) is 18.9 Å². The van der Waals surface area contributed by atoms with Crippen LogP contribution >= 0.6 is 7.92 Å². The minimum atomic E-state index is -2.19. The van der Waals surface area contributed by atoms with Crippen LogP contribution in [0.3, 0.4) is 0 Å². The predicted molar refractivity (Wildman–Crippen MR) is 116 cm³/mol. The summed E-state index contributed by atoms with van der Waals surface area (Å²) in [5.74, 6) is -4.22. The van der Waals surface area contributed by atoms with Crippen molar-refractivity contribution >= 4 is 25.8 Å². The fourth-order valence-corrected chi connectivity index (χ4v) is 6.54. The number of hydrogen-bond acceptors (Lipinski definition) is 8. The van der Waals surface area contributed by atoms with Crippen LogP contribution in [0.25, 0.3) is 0 Å². The number of benzene rings is 1. The summed E-state index contributed by atoms with van der Waals surface area (Å²) in [6.07, 6.45) is 6.78. The van der Waals surface area contributed by atoms with E-state index in [1.54, 1.807) is 0 Å². The van der Waals surface area contributed by atoms with Gasteiger partial charge in [0, 0.05) is 20.9 Å². The molecule has 1 aromatic carbocycles. The number of hydrogen-bond donors (Lipinski definition) is 1. The second-order valence-electron chi connectivity index (χ2n) is 8.07. The number of rotatable bonds is 5. The van der Waals surface area contributed by atoms with Gasteiger partial charge in [0.05, 0.1) is 31.9 Å². The van der Waals surface area contributed by atoms with Gasteiger partial charge in [-0.15, -0.1) is 0 Å². The summed E-state index contributed by atoms with van der Waals surface area (Å²) in [5, 5.41) is 20.7. The Balaban J connectivity index is 0.000000259. The molecule has 4 aliphatic rings. The van der Waals surface area contributed by atoms with E-state index in [1.165, 1.54) is 50.0 Å². The molecule has 4 fully saturated rings. The maximum atomic E-state index is 11.3. The van der Waals surface area contributed by atoms with Crippen molar-refractivity contribution in [2.75, 3.05) is 45.4 Å². The van der Waals surface area contributed by atoms with Crippen LogP contribution in [-0.4, -0.2) is 78.0 Å². The zero-order valence-electron chi connectivity index (χ0n) is 18.6. The third-order valence-corrected chi connectivity index (χ3v) is 7.73. The minimum absolute atomic E-state index is 0. The third-order valence-electron chi connectivity index (χ3n) is 5.04. The van der Waals surface area contributed by atoms with Gasteiger partial charge in [0.15, 0.2) is 0 Å². The number of carboxylic acid groups (broad SMARTS) is 2. The molecule has 0 aromatic heterocycles. The summed E-state index contributed by atoms with van der Waals surface area (Å²) in [7, 11) is 0.0297. The van der Waals surface area contributed by atoms with Gasteiger partial charge in [-0.05, 0) is 25.3 Å². The molecule has 0 unspecified atom stereocenters. The maximum Gasteiger partial charge on any atom is 2.00 e. The van der Waals surface area contributed by atoms with Crippen LogP contribution < -0.4 is 15.5 Å². The monoisotopic (exact) mass is 553 g/mol. The summed E-state index contributed by atoms with van der Waals surface area (Å²) in [6, 6.07) is 8.34. The number of carbonyl (C=O) groups excluding carboxylic acids is 3. The van der Waals surface area contributed by atoms with Crippen LogP contribution in [-0.2, 0) is 40.3 Å². The second-order valence-corrected chi connectivity index (χ2v) is 10.5. The molecular weight excluding hydrogens is 520 g/mol. The quantitative estimate of drug-likeness (QED) is 0.276. The van der Waals surface area contributed by atoms with Crippen molar-refractivity contribution in [3.8, 4) is 0 Å². The van der Waals surface area contributed by atoms with Crippen LogP contribution in [0, 0.1) is 6.92 Å². The zero-order chi connectivity index (χ0) is 22.8. The molecular formula is C21H32N4O5PRu+. The van der Waals surface area contributed by atoms with Gasteiger partial charge >= 0.3 is 19.5 Å². The molecule has 0 saturated carbocycles. The van der Waals surface area contributed by atoms with Crippen LogP contribution in [0.5, 0.6) is 0 Å². The van der Waals surface area contributed by atoms with Crippen molar-refractivity contribution < 1.29 is 44.1 Å². The van der Waals surface area contributed by atoms with E-state index < -0.39 is 11.9 Å². The van der Waals surface area contributed by atoms with Crippen molar-refractivity contribution in [2.45, 2.75) is 33.1 Å². The maximum absolute atomic E-state index is 11.3. The first-order valence-electron chi connectivity index (χ1n) is 10.5. The molecule has 0 radical (unpaired) electrons. The van der Waals surface area contributed by atoms with E-state index in [0.29, 0.717) is 6.42 Å². The molecule has 178 valence electrons. The number of aliphatic carboxylic acids is 2. The fraction of sp³-hybridized carbons (Fsp3) is 0.571. The number of nitrogens with zero attached hydrogens (tertiary/aromatic N) is 3. The Hall–Kier alpha value is -1.44. The van der Waals surface area contributed by atoms with E-state index in [9.17, 15) is 4.79 Å². The van der Waals surface area contributed by atoms with Crippen LogP contribution in [0.15, 0.2) is 24.3 Å². The van der Waals surface area contributed by atoms with E-state index >= 15 is 0 Å². The first-order chi connectivity index (χ1) is 14.8. The van der Waals surface area contributed by atoms with Gasteiger partial charge in [0.2, 0.25) is 5.91 Å². The molecule has 1 amide bonds. The molecule has 0 aliphatic carbocycles. The van der Waals surface area contributed by atoms with E-state index in [1.807, 2.05) is 0 Å². The van der Waals surface area contributed by atoms with Gasteiger partial charge in [-0.1, -0.05) is 36.8 Å². The standard InChI is InChI=1S/C13H19NO.C6H12N3P.C2H2O4.Ru/c1-3-10-14-13(15)9-8-12-6-4-11(2)5-7-12;1-7-2-9-3-8(1)5-10(4-7)6-9;3-1(4)2(5)6;/h4-7H,3,8-10H2,1-2H3,(H,14,15);1-6H2;(H,3,4)(H,5,6);/q;;;+2/p-1. The zero-order valence-corrected chi connectivity index (χ0v) is 21.4. The van der Waals surface area contributed by atoms with E-state index in [0.717, 1.165) is 19.4 Å². The van der Waals surface area contributed by atoms with Crippen molar-refractivity contribution in [1.82, 2.24) is 20.0 Å². The van der Waals surface area contributed by atoms with E-state index in [2.05, 4.69) is 58.1 Å². The van der Waals surface area contributed by atoms with Crippen molar-refractivity contribution in [1.29, 1.82) is 0 Å². The second kappa shape index (κ2) is 14.7.